The molecule has 36 heavy (non-hydrogen) atoms. The summed E-state index contributed by atoms with van der Waals surface area (Å²) in [6.45, 7) is 2.55. The molecule has 1 aliphatic rings. The number of anilines is 1. The summed E-state index contributed by atoms with van der Waals surface area (Å²) in [4.78, 5) is 27.4. The molecule has 4 N–H and O–H groups in total. The predicted molar refractivity (Wildman–Crippen MR) is 142 cm³/mol. The van der Waals surface area contributed by atoms with Crippen LogP contribution in [0.15, 0.2) is 54.6 Å². The molecule has 2 aromatic carbocycles. The third kappa shape index (κ3) is 4.90. The molecule has 2 aromatic heterocycles. The van der Waals surface area contributed by atoms with Crippen molar-refractivity contribution < 1.29 is 14.7 Å². The van der Waals surface area contributed by atoms with Gasteiger partial charge in [-0.2, -0.15) is 5.10 Å². The lowest BCUT2D eigenvalue weighted by molar-refractivity contribution is 0.0954. The van der Waals surface area contributed by atoms with Crippen molar-refractivity contribution in [1.29, 1.82) is 0 Å². The molecule has 0 atom stereocenters. The van der Waals surface area contributed by atoms with Crippen LogP contribution in [0, 0.1) is 0 Å². The number of carbonyl (C=O) groups excluding carboxylic acids is 2. The zero-order valence-electron chi connectivity index (χ0n) is 20.1. The number of H-pyrrole nitrogens is 1. The Kier molecular flexibility index (Phi) is 6.86. The van der Waals surface area contributed by atoms with Crippen LogP contribution in [-0.4, -0.2) is 33.7 Å². The second-order valence-corrected chi connectivity index (χ2v) is 9.98. The first-order valence-corrected chi connectivity index (χ1v) is 13.0. The van der Waals surface area contributed by atoms with Gasteiger partial charge in [0.05, 0.1) is 11.3 Å². The average Bonchev–Trinajstić information content (AvgIpc) is 3.61. The number of aryl methyl sites for hydroxylation is 2. The monoisotopic (exact) mass is 500 g/mol. The minimum Gasteiger partial charge on any atom is -0.507 e. The Morgan fingerprint density at radius 1 is 1.06 bits per heavy atom. The minimum atomic E-state index is -0.377. The molecule has 0 radical (unpaired) electrons. The average molecular weight is 501 g/mol. The van der Waals surface area contributed by atoms with Crippen molar-refractivity contribution in [2.24, 2.45) is 0 Å². The van der Waals surface area contributed by atoms with E-state index in [-0.39, 0.29) is 23.3 Å². The van der Waals surface area contributed by atoms with Gasteiger partial charge in [0.1, 0.15) is 16.4 Å². The van der Waals surface area contributed by atoms with Crippen LogP contribution in [0.5, 0.6) is 5.75 Å². The number of phenolic OH excluding ortho intramolecular Hbond substituents is 1. The van der Waals surface area contributed by atoms with Crippen molar-refractivity contribution in [3.63, 3.8) is 0 Å². The third-order valence-corrected chi connectivity index (χ3v) is 7.69. The van der Waals surface area contributed by atoms with Gasteiger partial charge in [-0.1, -0.05) is 43.3 Å². The Hall–Kier alpha value is -3.91. The first-order valence-electron chi connectivity index (χ1n) is 12.2. The molecule has 8 heteroatoms. The van der Waals surface area contributed by atoms with E-state index < -0.39 is 0 Å². The van der Waals surface area contributed by atoms with Crippen LogP contribution in [0.3, 0.4) is 0 Å². The molecule has 184 valence electrons. The number of aromatic amines is 1. The van der Waals surface area contributed by atoms with Crippen LogP contribution in [0.1, 0.15) is 55.8 Å². The molecule has 0 saturated heterocycles. The summed E-state index contributed by atoms with van der Waals surface area (Å²) in [5, 5.41) is 23.8. The summed E-state index contributed by atoms with van der Waals surface area (Å²) in [6.07, 6.45) is 4.34. The zero-order valence-corrected chi connectivity index (χ0v) is 20.9. The standard InChI is InChI=1S/C28H28N4O3S/c1-2-17-11-12-23(33)20(15-17)21-16-22(32-31-21)26(34)30-28-25(19-9-6-10-24(19)36-28)27(35)29-14-13-18-7-4-3-5-8-18/h3-5,7-8,11-12,15-16,33H,2,6,9-10,13-14H2,1H3,(H,29,35)(H,30,34)(H,31,32). The van der Waals surface area contributed by atoms with Crippen LogP contribution in [-0.2, 0) is 25.7 Å². The lowest BCUT2D eigenvalue weighted by atomic mass is 10.1. The van der Waals surface area contributed by atoms with Gasteiger partial charge in [0.25, 0.3) is 11.8 Å². The highest BCUT2D eigenvalue weighted by molar-refractivity contribution is 7.17. The number of benzene rings is 2. The molecule has 2 heterocycles. The fraction of sp³-hybridized carbons (Fsp3) is 0.250. The minimum absolute atomic E-state index is 0.106. The Morgan fingerprint density at radius 3 is 2.69 bits per heavy atom. The lowest BCUT2D eigenvalue weighted by Crippen LogP contribution is -2.27. The maximum Gasteiger partial charge on any atom is 0.274 e. The van der Waals surface area contributed by atoms with E-state index >= 15 is 0 Å². The fourth-order valence-corrected chi connectivity index (χ4v) is 5.82. The molecule has 4 aromatic rings. The molecule has 7 nitrogen and oxygen atoms in total. The topological polar surface area (TPSA) is 107 Å². The van der Waals surface area contributed by atoms with Crippen molar-refractivity contribution >= 4 is 28.2 Å². The number of aromatic hydroxyl groups is 1. The molecule has 0 aliphatic heterocycles. The van der Waals surface area contributed by atoms with Crippen molar-refractivity contribution in [3.05, 3.63) is 87.4 Å². The highest BCUT2D eigenvalue weighted by Gasteiger charge is 2.28. The highest BCUT2D eigenvalue weighted by atomic mass is 32.1. The van der Waals surface area contributed by atoms with Gasteiger partial charge in [0.2, 0.25) is 0 Å². The smallest absolute Gasteiger partial charge is 0.274 e. The van der Waals surface area contributed by atoms with E-state index in [1.807, 2.05) is 49.4 Å². The molecule has 2 amide bonds. The summed E-state index contributed by atoms with van der Waals surface area (Å²) in [7, 11) is 0. The maximum absolute atomic E-state index is 13.2. The number of hydrogen-bond acceptors (Lipinski definition) is 5. The summed E-state index contributed by atoms with van der Waals surface area (Å²) < 4.78 is 0. The van der Waals surface area contributed by atoms with Crippen molar-refractivity contribution in [1.82, 2.24) is 15.5 Å². The van der Waals surface area contributed by atoms with Crippen LogP contribution in [0.2, 0.25) is 0 Å². The first-order chi connectivity index (χ1) is 17.5. The Labute approximate surface area is 213 Å². The van der Waals surface area contributed by atoms with Gasteiger partial charge in [-0.3, -0.25) is 14.7 Å². The Morgan fingerprint density at radius 2 is 1.89 bits per heavy atom. The number of hydrogen-bond donors (Lipinski definition) is 4. The number of carbonyl (C=O) groups is 2. The Bertz CT molecular complexity index is 1410. The van der Waals surface area contributed by atoms with Gasteiger partial charge in [-0.15, -0.1) is 11.3 Å². The van der Waals surface area contributed by atoms with Gasteiger partial charge in [0, 0.05) is 17.0 Å². The zero-order chi connectivity index (χ0) is 25.1. The van der Waals surface area contributed by atoms with Crippen LogP contribution in [0.25, 0.3) is 11.3 Å². The van der Waals surface area contributed by atoms with E-state index in [0.717, 1.165) is 53.7 Å². The van der Waals surface area contributed by atoms with E-state index in [9.17, 15) is 14.7 Å². The second-order valence-electron chi connectivity index (χ2n) is 8.88. The number of nitrogens with zero attached hydrogens (tertiary/aromatic N) is 1. The van der Waals surface area contributed by atoms with E-state index in [0.29, 0.717) is 28.4 Å². The summed E-state index contributed by atoms with van der Waals surface area (Å²) in [5.41, 5.74) is 5.15. The number of amides is 2. The lowest BCUT2D eigenvalue weighted by Gasteiger charge is -2.09. The van der Waals surface area contributed by atoms with Gasteiger partial charge < -0.3 is 15.7 Å². The number of nitrogens with one attached hydrogen (secondary N) is 3. The molecule has 0 saturated carbocycles. The summed E-state index contributed by atoms with van der Waals surface area (Å²) >= 11 is 1.47. The van der Waals surface area contributed by atoms with Crippen molar-refractivity contribution in [2.45, 2.75) is 39.0 Å². The number of rotatable bonds is 8. The van der Waals surface area contributed by atoms with Gasteiger partial charge in [-0.05, 0) is 67.0 Å². The molecule has 0 unspecified atom stereocenters. The van der Waals surface area contributed by atoms with E-state index in [1.165, 1.54) is 11.3 Å². The highest BCUT2D eigenvalue weighted by Crippen LogP contribution is 2.39. The number of aromatic nitrogens is 2. The number of fused-ring (bicyclic) bond motifs is 1. The Balaban J connectivity index is 1.32. The molecule has 5 rings (SSSR count). The van der Waals surface area contributed by atoms with E-state index in [2.05, 4.69) is 20.8 Å². The van der Waals surface area contributed by atoms with Gasteiger partial charge >= 0.3 is 0 Å². The van der Waals surface area contributed by atoms with Gasteiger partial charge in [-0.25, -0.2) is 0 Å². The molecular weight excluding hydrogens is 472 g/mol. The predicted octanol–water partition coefficient (Wildman–Crippen LogP) is 5.12. The molecule has 1 aliphatic carbocycles. The summed E-state index contributed by atoms with van der Waals surface area (Å²) in [5.74, 6) is -0.430. The maximum atomic E-state index is 13.2. The van der Waals surface area contributed by atoms with E-state index in [4.69, 9.17) is 0 Å². The van der Waals surface area contributed by atoms with Crippen LogP contribution >= 0.6 is 11.3 Å². The molecule has 0 bridgehead atoms. The molecular formula is C28H28N4O3S. The largest absolute Gasteiger partial charge is 0.507 e. The van der Waals surface area contributed by atoms with E-state index in [1.54, 1.807) is 12.1 Å². The molecule has 0 spiro atoms. The number of phenols is 1. The van der Waals surface area contributed by atoms with Crippen molar-refractivity contribution in [2.75, 3.05) is 11.9 Å². The van der Waals surface area contributed by atoms with Gasteiger partial charge in [0.15, 0.2) is 0 Å². The summed E-state index contributed by atoms with van der Waals surface area (Å²) in [6, 6.07) is 17.0. The van der Waals surface area contributed by atoms with Crippen molar-refractivity contribution in [3.8, 4) is 17.0 Å². The normalized spacial score (nSPS) is 12.4. The third-order valence-electron chi connectivity index (χ3n) is 6.49. The first kappa shape index (κ1) is 23.8. The van der Waals surface area contributed by atoms with Crippen LogP contribution < -0.4 is 10.6 Å². The second kappa shape index (κ2) is 10.4. The molecule has 0 fully saturated rings. The quantitative estimate of drug-likeness (QED) is 0.269. The fourth-order valence-electron chi connectivity index (χ4n) is 4.54. The SMILES string of the molecule is CCc1ccc(O)c(-c2cc(C(=O)Nc3sc4c(c3C(=O)NCCc3ccccc3)CCC4)[nH]n2)c1. The van der Waals surface area contributed by atoms with Crippen LogP contribution in [0.4, 0.5) is 5.00 Å². The number of thiophene rings is 1.